The molecule has 1 heterocycles. The highest BCUT2D eigenvalue weighted by Crippen LogP contribution is 2.30. The first-order chi connectivity index (χ1) is 17.3. The van der Waals surface area contributed by atoms with Crippen LogP contribution >= 0.6 is 0 Å². The van der Waals surface area contributed by atoms with Crippen molar-refractivity contribution >= 4 is 5.91 Å². The molecule has 0 aromatic heterocycles. The largest absolute Gasteiger partial charge is 0.494 e. The Bertz CT molecular complexity index is 1140. The van der Waals surface area contributed by atoms with E-state index in [0.29, 0.717) is 12.2 Å². The lowest BCUT2D eigenvalue weighted by Gasteiger charge is -2.41. The summed E-state index contributed by atoms with van der Waals surface area (Å²) in [7, 11) is 0. The number of carbonyl (C=O) groups is 1. The Kier molecular flexibility index (Phi) is 8.44. The van der Waals surface area contributed by atoms with Gasteiger partial charge in [0.05, 0.1) is 13.2 Å². The van der Waals surface area contributed by atoms with E-state index in [-0.39, 0.29) is 17.6 Å². The van der Waals surface area contributed by atoms with Crippen LogP contribution in [0.25, 0.3) is 11.1 Å². The van der Waals surface area contributed by atoms with Gasteiger partial charge in [-0.1, -0.05) is 54.1 Å². The molecule has 0 bridgehead atoms. The maximum atomic E-state index is 12.2. The van der Waals surface area contributed by atoms with Crippen molar-refractivity contribution in [3.63, 3.8) is 0 Å². The maximum Gasteiger partial charge on any atom is 0.251 e. The number of benzene rings is 3. The second-order valence-electron chi connectivity index (χ2n) is 10.2. The third-order valence-electron chi connectivity index (χ3n) is 6.64. The van der Waals surface area contributed by atoms with E-state index in [1.165, 1.54) is 11.1 Å². The van der Waals surface area contributed by atoms with E-state index in [2.05, 4.69) is 60.5 Å². The van der Waals surface area contributed by atoms with Gasteiger partial charge in [0.25, 0.3) is 5.91 Å². The van der Waals surface area contributed by atoms with Gasteiger partial charge < -0.3 is 14.8 Å². The summed E-state index contributed by atoms with van der Waals surface area (Å²) in [5.41, 5.74) is 5.03. The van der Waals surface area contributed by atoms with Gasteiger partial charge in [-0.3, -0.25) is 9.69 Å². The smallest absolute Gasteiger partial charge is 0.251 e. The molecule has 1 N–H and O–H groups in total. The number of carbonyl (C=O) groups excluding carboxylic acids is 1. The molecule has 1 unspecified atom stereocenters. The molecule has 190 valence electrons. The van der Waals surface area contributed by atoms with Crippen LogP contribution in [0.2, 0.25) is 0 Å². The van der Waals surface area contributed by atoms with E-state index in [1.807, 2.05) is 50.2 Å². The van der Waals surface area contributed by atoms with Crippen LogP contribution in [0.5, 0.6) is 5.75 Å². The Morgan fingerprint density at radius 1 is 1.06 bits per heavy atom. The van der Waals surface area contributed by atoms with E-state index in [1.54, 1.807) is 0 Å². The molecule has 1 atom stereocenters. The third-order valence-corrected chi connectivity index (χ3v) is 6.64. The number of nitrogens with zero attached hydrogens (tertiary/aromatic N) is 1. The van der Waals surface area contributed by atoms with Gasteiger partial charge in [0.2, 0.25) is 0 Å². The van der Waals surface area contributed by atoms with Crippen molar-refractivity contribution in [2.45, 2.75) is 45.8 Å². The highest BCUT2D eigenvalue weighted by Gasteiger charge is 2.33. The van der Waals surface area contributed by atoms with E-state index in [4.69, 9.17) is 9.47 Å². The molecule has 0 saturated carbocycles. The van der Waals surface area contributed by atoms with Gasteiger partial charge in [0, 0.05) is 31.2 Å². The molecule has 1 amide bonds. The highest BCUT2D eigenvalue weighted by molar-refractivity contribution is 5.94. The van der Waals surface area contributed by atoms with Crippen LogP contribution in [0.3, 0.4) is 0 Å². The molecule has 1 saturated heterocycles. The van der Waals surface area contributed by atoms with Crippen LogP contribution in [0.1, 0.15) is 48.7 Å². The maximum absolute atomic E-state index is 12.2. The van der Waals surface area contributed by atoms with Crippen LogP contribution in [0, 0.1) is 6.92 Å². The van der Waals surface area contributed by atoms with Crippen molar-refractivity contribution < 1.29 is 14.3 Å². The second kappa shape index (κ2) is 11.7. The van der Waals surface area contributed by atoms with Crippen molar-refractivity contribution in [1.82, 2.24) is 10.2 Å². The lowest BCUT2D eigenvalue weighted by molar-refractivity contribution is -0.103. The van der Waals surface area contributed by atoms with E-state index in [9.17, 15) is 4.79 Å². The summed E-state index contributed by atoms with van der Waals surface area (Å²) in [5, 5.41) is 2.93. The molecule has 5 heteroatoms. The minimum atomic E-state index is -0.272. The monoisotopic (exact) mass is 486 g/mol. The Morgan fingerprint density at radius 3 is 2.53 bits per heavy atom. The molecule has 1 fully saturated rings. The quantitative estimate of drug-likeness (QED) is 0.388. The third kappa shape index (κ3) is 6.74. The van der Waals surface area contributed by atoms with Crippen LogP contribution in [0.15, 0.2) is 72.8 Å². The molecule has 5 nitrogen and oxygen atoms in total. The van der Waals surface area contributed by atoms with Gasteiger partial charge in [0.1, 0.15) is 11.4 Å². The summed E-state index contributed by atoms with van der Waals surface area (Å²) in [5.74, 6) is 0.814. The predicted octanol–water partition coefficient (Wildman–Crippen LogP) is 5.82. The summed E-state index contributed by atoms with van der Waals surface area (Å²) in [6.07, 6.45) is 0.952. The zero-order valence-corrected chi connectivity index (χ0v) is 21.9. The number of hydrogen-bond donors (Lipinski definition) is 1. The Hall–Kier alpha value is -3.15. The zero-order valence-electron chi connectivity index (χ0n) is 21.9. The molecule has 36 heavy (non-hydrogen) atoms. The normalized spacial score (nSPS) is 18.2. The van der Waals surface area contributed by atoms with Crippen LogP contribution in [0.4, 0.5) is 0 Å². The highest BCUT2D eigenvalue weighted by atomic mass is 16.5. The molecular weight excluding hydrogens is 448 g/mol. The molecule has 3 aromatic carbocycles. The van der Waals surface area contributed by atoms with Gasteiger partial charge in [0.15, 0.2) is 0 Å². The summed E-state index contributed by atoms with van der Waals surface area (Å²) < 4.78 is 12.3. The lowest BCUT2D eigenvalue weighted by atomic mass is 9.93. The van der Waals surface area contributed by atoms with Crippen molar-refractivity contribution in [2.75, 3.05) is 32.8 Å². The van der Waals surface area contributed by atoms with Crippen LogP contribution in [-0.4, -0.2) is 49.7 Å². The fourth-order valence-electron chi connectivity index (χ4n) is 4.63. The fourth-order valence-corrected chi connectivity index (χ4v) is 4.63. The van der Waals surface area contributed by atoms with Crippen molar-refractivity contribution in [3.8, 4) is 16.9 Å². The van der Waals surface area contributed by atoms with Crippen molar-refractivity contribution in [3.05, 3.63) is 89.5 Å². The minimum absolute atomic E-state index is 0.0481. The van der Waals surface area contributed by atoms with Gasteiger partial charge in [-0.25, -0.2) is 0 Å². The topological polar surface area (TPSA) is 50.8 Å². The zero-order chi connectivity index (χ0) is 25.5. The van der Waals surface area contributed by atoms with Gasteiger partial charge in [-0.2, -0.15) is 0 Å². The molecule has 1 aliphatic rings. The van der Waals surface area contributed by atoms with Crippen LogP contribution in [-0.2, 0) is 10.3 Å². The predicted molar refractivity (Wildman–Crippen MR) is 146 cm³/mol. The fraction of sp³-hybridized carbons (Fsp3) is 0.387. The Morgan fingerprint density at radius 2 is 1.81 bits per heavy atom. The van der Waals surface area contributed by atoms with E-state index in [0.717, 1.165) is 49.5 Å². The molecule has 3 aromatic rings. The Labute approximate surface area is 215 Å². The number of hydrogen-bond acceptors (Lipinski definition) is 4. The summed E-state index contributed by atoms with van der Waals surface area (Å²) in [6, 6.07) is 24.6. The number of rotatable bonds is 9. The van der Waals surface area contributed by atoms with Gasteiger partial charge in [-0.15, -0.1) is 0 Å². The number of nitrogens with one attached hydrogen (secondary N) is 1. The first-order valence-electron chi connectivity index (χ1n) is 12.9. The summed E-state index contributed by atoms with van der Waals surface area (Å²) in [4.78, 5) is 14.7. The number of ether oxygens (including phenoxy) is 2. The first-order valence-corrected chi connectivity index (χ1v) is 12.9. The molecular formula is C31H38N2O3. The first kappa shape index (κ1) is 25.9. The van der Waals surface area contributed by atoms with Gasteiger partial charge in [-0.05, 0) is 75.1 Å². The molecule has 0 aliphatic carbocycles. The van der Waals surface area contributed by atoms with Crippen molar-refractivity contribution in [2.24, 2.45) is 0 Å². The van der Waals surface area contributed by atoms with E-state index < -0.39 is 0 Å². The van der Waals surface area contributed by atoms with Crippen molar-refractivity contribution in [1.29, 1.82) is 0 Å². The van der Waals surface area contributed by atoms with Crippen LogP contribution < -0.4 is 10.1 Å². The molecule has 1 aliphatic heterocycles. The lowest BCUT2D eigenvalue weighted by Crippen LogP contribution is -2.48. The average Bonchev–Trinajstić information content (AvgIpc) is 2.87. The standard InChI is InChI=1S/C31H38N2O3/c1-23(2)32-30(34)26-13-11-25(12-14-26)27-7-5-8-29(21-27)35-19-6-17-33-18-20-36-31(4,22-33)28-15-9-24(3)10-16-28/h5,7-16,21,23H,6,17-20,22H2,1-4H3,(H,32,34). The number of aryl methyl sites for hydroxylation is 1. The Balaban J connectivity index is 1.28. The summed E-state index contributed by atoms with van der Waals surface area (Å²) >= 11 is 0. The SMILES string of the molecule is Cc1ccc(C2(C)CN(CCCOc3cccc(-c4ccc(C(=O)NC(C)C)cc4)c3)CCO2)cc1. The number of morpholine rings is 1. The summed E-state index contributed by atoms with van der Waals surface area (Å²) in [6.45, 7) is 12.4. The van der Waals surface area contributed by atoms with E-state index >= 15 is 0 Å². The number of amides is 1. The second-order valence-corrected chi connectivity index (χ2v) is 10.2. The average molecular weight is 487 g/mol. The molecule has 0 radical (unpaired) electrons. The minimum Gasteiger partial charge on any atom is -0.494 e. The molecule has 4 rings (SSSR count). The van der Waals surface area contributed by atoms with Gasteiger partial charge >= 0.3 is 0 Å². The molecule has 0 spiro atoms.